The number of rotatable bonds is 6. The molecule has 0 heterocycles. The van der Waals surface area contributed by atoms with Gasteiger partial charge < -0.3 is 5.32 Å². The Bertz CT molecular complexity index is 447. The Kier molecular flexibility index (Phi) is 6.85. The minimum absolute atomic E-state index is 0.721. The molecule has 1 aliphatic carbocycles. The van der Waals surface area contributed by atoms with Crippen molar-refractivity contribution < 1.29 is 0 Å². The minimum atomic E-state index is 0.721. The fourth-order valence-electron chi connectivity index (χ4n) is 3.63. The monoisotopic (exact) mass is 327 g/mol. The average Bonchev–Trinajstić information content (AvgIpc) is 2.49. The van der Waals surface area contributed by atoms with Crippen LogP contribution >= 0.6 is 23.2 Å². The molecule has 2 rings (SSSR count). The van der Waals surface area contributed by atoms with Crippen LogP contribution in [-0.4, -0.2) is 13.1 Å². The first-order valence-electron chi connectivity index (χ1n) is 8.28. The van der Waals surface area contributed by atoms with Gasteiger partial charge in [0, 0.05) is 10.0 Å². The lowest BCUT2D eigenvalue weighted by Crippen LogP contribution is -2.34. The standard InChI is InChI=1S/C18H27Cl2N/c1-3-13-5-6-14(12-21-4-2)15(9-13)10-16-11-17(19)7-8-18(16)20/h7-8,11,13-15,21H,3-6,9-10,12H2,1-2H3. The smallest absolute Gasteiger partial charge is 0.0439 e. The number of nitrogens with one attached hydrogen (secondary N) is 1. The number of hydrogen-bond acceptors (Lipinski definition) is 1. The van der Waals surface area contributed by atoms with Crippen LogP contribution in [0.5, 0.6) is 0 Å². The van der Waals surface area contributed by atoms with E-state index >= 15 is 0 Å². The second-order valence-electron chi connectivity index (χ2n) is 6.36. The molecule has 0 spiro atoms. The Balaban J connectivity index is 2.09. The SMILES string of the molecule is CCNCC1CCC(CC)CC1Cc1cc(Cl)ccc1Cl. The van der Waals surface area contributed by atoms with Crippen LogP contribution < -0.4 is 5.32 Å². The highest BCUT2D eigenvalue weighted by atomic mass is 35.5. The van der Waals surface area contributed by atoms with Crippen molar-refractivity contribution in [3.63, 3.8) is 0 Å². The molecule has 0 saturated heterocycles. The van der Waals surface area contributed by atoms with Crippen molar-refractivity contribution in [2.75, 3.05) is 13.1 Å². The maximum absolute atomic E-state index is 6.36. The summed E-state index contributed by atoms with van der Waals surface area (Å²) in [4.78, 5) is 0. The second kappa shape index (κ2) is 8.41. The Morgan fingerprint density at radius 3 is 2.67 bits per heavy atom. The van der Waals surface area contributed by atoms with Crippen LogP contribution in [0.1, 0.15) is 45.1 Å². The van der Waals surface area contributed by atoms with Gasteiger partial charge in [-0.2, -0.15) is 0 Å². The van der Waals surface area contributed by atoms with Gasteiger partial charge in [0.15, 0.2) is 0 Å². The molecule has 0 bridgehead atoms. The first kappa shape index (κ1) is 17.1. The molecule has 3 atom stereocenters. The van der Waals surface area contributed by atoms with Gasteiger partial charge in [0.05, 0.1) is 0 Å². The highest BCUT2D eigenvalue weighted by Crippen LogP contribution is 2.38. The van der Waals surface area contributed by atoms with E-state index in [1.165, 1.54) is 31.2 Å². The quantitative estimate of drug-likeness (QED) is 0.718. The van der Waals surface area contributed by atoms with E-state index in [1.807, 2.05) is 18.2 Å². The molecule has 0 aromatic heterocycles. The average molecular weight is 328 g/mol. The van der Waals surface area contributed by atoms with Crippen molar-refractivity contribution in [1.82, 2.24) is 5.32 Å². The Morgan fingerprint density at radius 1 is 1.14 bits per heavy atom. The topological polar surface area (TPSA) is 12.0 Å². The maximum atomic E-state index is 6.36. The summed E-state index contributed by atoms with van der Waals surface area (Å²) in [5.41, 5.74) is 1.22. The fourth-order valence-corrected chi connectivity index (χ4v) is 4.01. The Hall–Kier alpha value is -0.240. The predicted molar refractivity (Wildman–Crippen MR) is 93.3 cm³/mol. The first-order valence-corrected chi connectivity index (χ1v) is 9.04. The van der Waals surface area contributed by atoms with Crippen molar-refractivity contribution in [3.8, 4) is 0 Å². The summed E-state index contributed by atoms with van der Waals surface area (Å²) in [7, 11) is 0. The zero-order chi connectivity index (χ0) is 15.2. The van der Waals surface area contributed by atoms with Crippen LogP contribution in [0.2, 0.25) is 10.0 Å². The Labute approximate surface area is 139 Å². The largest absolute Gasteiger partial charge is 0.317 e. The molecule has 1 fully saturated rings. The molecule has 1 aromatic carbocycles. The third kappa shape index (κ3) is 4.87. The number of halogens is 2. The molecule has 0 aliphatic heterocycles. The molecule has 1 N–H and O–H groups in total. The van der Waals surface area contributed by atoms with Crippen LogP contribution in [0.4, 0.5) is 0 Å². The van der Waals surface area contributed by atoms with Crippen LogP contribution in [-0.2, 0) is 6.42 Å². The summed E-state index contributed by atoms with van der Waals surface area (Å²) in [5.74, 6) is 2.37. The lowest BCUT2D eigenvalue weighted by atomic mass is 9.71. The minimum Gasteiger partial charge on any atom is -0.317 e. The van der Waals surface area contributed by atoms with E-state index in [1.54, 1.807) is 0 Å². The van der Waals surface area contributed by atoms with E-state index in [9.17, 15) is 0 Å². The molecule has 0 amide bonds. The van der Waals surface area contributed by atoms with E-state index in [-0.39, 0.29) is 0 Å². The zero-order valence-corrected chi connectivity index (χ0v) is 14.7. The third-order valence-electron chi connectivity index (χ3n) is 4.97. The lowest BCUT2D eigenvalue weighted by molar-refractivity contribution is 0.172. The molecule has 3 unspecified atom stereocenters. The van der Waals surface area contributed by atoms with E-state index in [0.29, 0.717) is 0 Å². The van der Waals surface area contributed by atoms with Crippen molar-refractivity contribution in [2.45, 2.75) is 46.0 Å². The van der Waals surface area contributed by atoms with Crippen LogP contribution in [0, 0.1) is 17.8 Å². The molecule has 1 saturated carbocycles. The van der Waals surface area contributed by atoms with Crippen molar-refractivity contribution >= 4 is 23.2 Å². The highest BCUT2D eigenvalue weighted by Gasteiger charge is 2.29. The van der Waals surface area contributed by atoms with Gasteiger partial charge in [-0.3, -0.25) is 0 Å². The Morgan fingerprint density at radius 2 is 1.95 bits per heavy atom. The van der Waals surface area contributed by atoms with Crippen molar-refractivity contribution in [1.29, 1.82) is 0 Å². The molecule has 0 radical (unpaired) electrons. The molecule has 3 heteroatoms. The summed E-state index contributed by atoms with van der Waals surface area (Å²) in [6.07, 6.45) is 6.41. The van der Waals surface area contributed by atoms with E-state index in [2.05, 4.69) is 19.2 Å². The van der Waals surface area contributed by atoms with Crippen molar-refractivity contribution in [3.05, 3.63) is 33.8 Å². The summed E-state index contributed by atoms with van der Waals surface area (Å²) in [6.45, 7) is 6.69. The maximum Gasteiger partial charge on any atom is 0.0439 e. The van der Waals surface area contributed by atoms with Gasteiger partial charge in [-0.05, 0) is 73.9 Å². The first-order chi connectivity index (χ1) is 10.1. The van der Waals surface area contributed by atoms with Gasteiger partial charge in [0.25, 0.3) is 0 Å². The summed E-state index contributed by atoms with van der Waals surface area (Å²) < 4.78 is 0. The van der Waals surface area contributed by atoms with Gasteiger partial charge in [-0.15, -0.1) is 0 Å². The summed E-state index contributed by atoms with van der Waals surface area (Å²) in [6, 6.07) is 5.85. The molecule has 118 valence electrons. The fraction of sp³-hybridized carbons (Fsp3) is 0.667. The van der Waals surface area contributed by atoms with Gasteiger partial charge in [0.2, 0.25) is 0 Å². The van der Waals surface area contributed by atoms with Crippen molar-refractivity contribution in [2.24, 2.45) is 17.8 Å². The van der Waals surface area contributed by atoms with Crippen LogP contribution in [0.15, 0.2) is 18.2 Å². The van der Waals surface area contributed by atoms with Gasteiger partial charge in [-0.1, -0.05) is 49.9 Å². The van der Waals surface area contributed by atoms with E-state index in [0.717, 1.165) is 47.3 Å². The number of hydrogen-bond donors (Lipinski definition) is 1. The lowest BCUT2D eigenvalue weighted by Gasteiger charge is -2.36. The second-order valence-corrected chi connectivity index (χ2v) is 7.20. The molecule has 1 aliphatic rings. The van der Waals surface area contributed by atoms with E-state index in [4.69, 9.17) is 23.2 Å². The van der Waals surface area contributed by atoms with Crippen LogP contribution in [0.3, 0.4) is 0 Å². The van der Waals surface area contributed by atoms with E-state index < -0.39 is 0 Å². The predicted octanol–water partition coefficient (Wildman–Crippen LogP) is 5.59. The molecule has 21 heavy (non-hydrogen) atoms. The highest BCUT2D eigenvalue weighted by molar-refractivity contribution is 6.33. The molecule has 1 aromatic rings. The summed E-state index contributed by atoms with van der Waals surface area (Å²) in [5, 5.41) is 5.19. The van der Waals surface area contributed by atoms with Gasteiger partial charge in [-0.25, -0.2) is 0 Å². The zero-order valence-electron chi connectivity index (χ0n) is 13.2. The van der Waals surface area contributed by atoms with Gasteiger partial charge in [0.1, 0.15) is 0 Å². The third-order valence-corrected chi connectivity index (χ3v) is 5.58. The molecule has 1 nitrogen and oxygen atoms in total. The molecular formula is C18H27Cl2N. The number of benzene rings is 1. The normalized spacial score (nSPS) is 26.0. The summed E-state index contributed by atoms with van der Waals surface area (Å²) >= 11 is 12.5. The van der Waals surface area contributed by atoms with Crippen LogP contribution in [0.25, 0.3) is 0 Å². The van der Waals surface area contributed by atoms with Gasteiger partial charge >= 0.3 is 0 Å². The molecular weight excluding hydrogens is 301 g/mol.